The van der Waals surface area contributed by atoms with E-state index in [-0.39, 0.29) is 11.4 Å². The van der Waals surface area contributed by atoms with Crippen LogP contribution in [0.4, 0.5) is 5.82 Å². The van der Waals surface area contributed by atoms with Gasteiger partial charge in [-0.3, -0.25) is 4.79 Å². The highest BCUT2D eigenvalue weighted by Crippen LogP contribution is 2.27. The second-order valence-corrected chi connectivity index (χ2v) is 5.02. The van der Waals surface area contributed by atoms with Crippen molar-refractivity contribution in [2.45, 2.75) is 44.6 Å². The Balaban J connectivity index is 2.06. The highest BCUT2D eigenvalue weighted by atomic mass is 16.2. The number of nitrogen functional groups attached to an aromatic ring is 1. The van der Waals surface area contributed by atoms with Crippen molar-refractivity contribution in [3.05, 3.63) is 23.9 Å². The van der Waals surface area contributed by atoms with Crippen LogP contribution in [0.3, 0.4) is 0 Å². The van der Waals surface area contributed by atoms with Gasteiger partial charge >= 0.3 is 0 Å². The van der Waals surface area contributed by atoms with Gasteiger partial charge in [-0.05, 0) is 31.9 Å². The lowest BCUT2D eigenvalue weighted by Crippen LogP contribution is -2.47. The van der Waals surface area contributed by atoms with Gasteiger partial charge in [0, 0.05) is 5.54 Å². The van der Waals surface area contributed by atoms with Crippen LogP contribution in [-0.4, -0.2) is 16.4 Å². The summed E-state index contributed by atoms with van der Waals surface area (Å²) in [6, 6.07) is 5.12. The number of carbonyl (C=O) groups excluding carboxylic acids is 1. The van der Waals surface area contributed by atoms with Crippen molar-refractivity contribution >= 4 is 11.7 Å². The van der Waals surface area contributed by atoms with E-state index in [1.54, 1.807) is 18.2 Å². The van der Waals surface area contributed by atoms with E-state index in [2.05, 4.69) is 17.2 Å². The molecule has 17 heavy (non-hydrogen) atoms. The summed E-state index contributed by atoms with van der Waals surface area (Å²) in [7, 11) is 0. The minimum absolute atomic E-state index is 0.0817. The third-order valence-electron chi connectivity index (χ3n) is 3.38. The Morgan fingerprint density at radius 3 is 2.71 bits per heavy atom. The maximum atomic E-state index is 12.0. The normalized spacial score (nSPS) is 18.6. The quantitative estimate of drug-likeness (QED) is 0.822. The Hall–Kier alpha value is -1.58. The Kier molecular flexibility index (Phi) is 3.31. The molecule has 1 amide bonds. The van der Waals surface area contributed by atoms with Gasteiger partial charge in [-0.2, -0.15) is 0 Å². The molecule has 2 rings (SSSR count). The second kappa shape index (κ2) is 4.73. The molecular weight excluding hydrogens is 214 g/mol. The molecule has 1 aliphatic carbocycles. The fraction of sp³-hybridized carbons (Fsp3) is 0.538. The smallest absolute Gasteiger partial charge is 0.270 e. The van der Waals surface area contributed by atoms with E-state index < -0.39 is 0 Å². The number of aromatic nitrogens is 1. The molecule has 0 unspecified atom stereocenters. The van der Waals surface area contributed by atoms with E-state index in [1.807, 2.05) is 0 Å². The molecular formula is C13H19N3O. The molecule has 92 valence electrons. The molecule has 0 bridgehead atoms. The summed E-state index contributed by atoms with van der Waals surface area (Å²) in [5.41, 5.74) is 5.89. The number of nitrogens with one attached hydrogen (secondary N) is 1. The Bertz CT molecular complexity index is 411. The molecule has 0 aliphatic heterocycles. The van der Waals surface area contributed by atoms with Gasteiger partial charge in [0.1, 0.15) is 11.5 Å². The Morgan fingerprint density at radius 2 is 2.06 bits per heavy atom. The van der Waals surface area contributed by atoms with Crippen LogP contribution >= 0.6 is 0 Å². The van der Waals surface area contributed by atoms with Gasteiger partial charge in [-0.25, -0.2) is 4.98 Å². The summed E-state index contributed by atoms with van der Waals surface area (Å²) >= 11 is 0. The van der Waals surface area contributed by atoms with Crippen LogP contribution in [0, 0.1) is 0 Å². The van der Waals surface area contributed by atoms with Gasteiger partial charge in [0.2, 0.25) is 0 Å². The SMILES string of the molecule is CC1(NC(=O)c2cccc(N)n2)CCCCC1. The maximum absolute atomic E-state index is 12.0. The zero-order chi connectivity index (χ0) is 12.3. The highest BCUT2D eigenvalue weighted by molar-refractivity contribution is 5.93. The van der Waals surface area contributed by atoms with Crippen LogP contribution in [0.15, 0.2) is 18.2 Å². The van der Waals surface area contributed by atoms with Crippen molar-refractivity contribution in [1.82, 2.24) is 10.3 Å². The number of anilines is 1. The molecule has 0 saturated heterocycles. The van der Waals surface area contributed by atoms with E-state index in [4.69, 9.17) is 5.73 Å². The average Bonchev–Trinajstić information content (AvgIpc) is 2.29. The first-order valence-electron chi connectivity index (χ1n) is 6.14. The largest absolute Gasteiger partial charge is 0.384 e. The zero-order valence-corrected chi connectivity index (χ0v) is 10.2. The molecule has 1 aliphatic rings. The van der Waals surface area contributed by atoms with Gasteiger partial charge in [0.25, 0.3) is 5.91 Å². The minimum Gasteiger partial charge on any atom is -0.384 e. The summed E-state index contributed by atoms with van der Waals surface area (Å²) in [4.78, 5) is 16.1. The minimum atomic E-state index is -0.123. The Morgan fingerprint density at radius 1 is 1.35 bits per heavy atom. The number of carbonyl (C=O) groups is 1. The standard InChI is InChI=1S/C13H19N3O/c1-13(8-3-2-4-9-13)16-12(17)10-6-5-7-11(14)15-10/h5-7H,2-4,8-9H2,1H3,(H2,14,15)(H,16,17). The van der Waals surface area contributed by atoms with E-state index in [1.165, 1.54) is 19.3 Å². The lowest BCUT2D eigenvalue weighted by molar-refractivity contribution is 0.0877. The monoisotopic (exact) mass is 233 g/mol. The summed E-state index contributed by atoms with van der Waals surface area (Å²) in [6.07, 6.45) is 5.71. The van der Waals surface area contributed by atoms with E-state index in [0.717, 1.165) is 12.8 Å². The third-order valence-corrected chi connectivity index (χ3v) is 3.38. The number of hydrogen-bond acceptors (Lipinski definition) is 3. The molecule has 1 heterocycles. The summed E-state index contributed by atoms with van der Waals surface area (Å²) < 4.78 is 0. The average molecular weight is 233 g/mol. The van der Waals surface area contributed by atoms with Crippen LogP contribution in [0.5, 0.6) is 0 Å². The molecule has 1 saturated carbocycles. The van der Waals surface area contributed by atoms with Crippen LogP contribution in [-0.2, 0) is 0 Å². The molecule has 1 aromatic heterocycles. The fourth-order valence-electron chi connectivity index (χ4n) is 2.37. The van der Waals surface area contributed by atoms with Crippen molar-refractivity contribution in [2.24, 2.45) is 0 Å². The fourth-order valence-corrected chi connectivity index (χ4v) is 2.37. The first-order chi connectivity index (χ1) is 8.09. The predicted octanol–water partition coefficient (Wildman–Crippen LogP) is 2.12. The summed E-state index contributed by atoms with van der Waals surface area (Å²) in [5, 5.41) is 3.08. The van der Waals surface area contributed by atoms with Crippen molar-refractivity contribution in [2.75, 3.05) is 5.73 Å². The van der Waals surface area contributed by atoms with Crippen molar-refractivity contribution in [3.63, 3.8) is 0 Å². The van der Waals surface area contributed by atoms with Gasteiger partial charge in [-0.1, -0.05) is 25.3 Å². The van der Waals surface area contributed by atoms with Gasteiger partial charge in [0.15, 0.2) is 0 Å². The number of hydrogen-bond donors (Lipinski definition) is 2. The number of nitrogens with zero attached hydrogens (tertiary/aromatic N) is 1. The first-order valence-corrected chi connectivity index (χ1v) is 6.14. The van der Waals surface area contributed by atoms with Crippen LogP contribution in [0.1, 0.15) is 49.5 Å². The van der Waals surface area contributed by atoms with Crippen LogP contribution < -0.4 is 11.1 Å². The number of rotatable bonds is 2. The maximum Gasteiger partial charge on any atom is 0.270 e. The van der Waals surface area contributed by atoms with E-state index in [0.29, 0.717) is 11.5 Å². The molecule has 4 nitrogen and oxygen atoms in total. The number of pyridine rings is 1. The number of nitrogens with two attached hydrogens (primary N) is 1. The lowest BCUT2D eigenvalue weighted by atomic mass is 9.83. The predicted molar refractivity (Wildman–Crippen MR) is 67.6 cm³/mol. The molecule has 0 atom stereocenters. The summed E-state index contributed by atoms with van der Waals surface area (Å²) in [6.45, 7) is 2.11. The van der Waals surface area contributed by atoms with Crippen LogP contribution in [0.25, 0.3) is 0 Å². The van der Waals surface area contributed by atoms with Crippen molar-refractivity contribution < 1.29 is 4.79 Å². The molecule has 0 aromatic carbocycles. The molecule has 1 aromatic rings. The van der Waals surface area contributed by atoms with Crippen LogP contribution in [0.2, 0.25) is 0 Å². The lowest BCUT2D eigenvalue weighted by Gasteiger charge is -2.34. The molecule has 3 N–H and O–H groups in total. The Labute approximate surface area is 102 Å². The number of amides is 1. The van der Waals surface area contributed by atoms with Crippen molar-refractivity contribution in [1.29, 1.82) is 0 Å². The topological polar surface area (TPSA) is 68.0 Å². The van der Waals surface area contributed by atoms with E-state index in [9.17, 15) is 4.79 Å². The summed E-state index contributed by atoms with van der Waals surface area (Å²) in [5.74, 6) is 0.258. The third kappa shape index (κ3) is 2.96. The highest BCUT2D eigenvalue weighted by Gasteiger charge is 2.28. The molecule has 4 heteroatoms. The van der Waals surface area contributed by atoms with Gasteiger partial charge in [0.05, 0.1) is 0 Å². The second-order valence-electron chi connectivity index (χ2n) is 5.02. The van der Waals surface area contributed by atoms with E-state index >= 15 is 0 Å². The van der Waals surface area contributed by atoms with Gasteiger partial charge in [-0.15, -0.1) is 0 Å². The van der Waals surface area contributed by atoms with Gasteiger partial charge < -0.3 is 11.1 Å². The first kappa shape index (κ1) is 11.9. The zero-order valence-electron chi connectivity index (χ0n) is 10.2. The molecule has 0 spiro atoms. The molecule has 0 radical (unpaired) electrons. The van der Waals surface area contributed by atoms with Crippen molar-refractivity contribution in [3.8, 4) is 0 Å². The molecule has 1 fully saturated rings.